The van der Waals surface area contributed by atoms with Crippen LogP contribution in [0, 0.1) is 6.92 Å². The van der Waals surface area contributed by atoms with Gasteiger partial charge in [0.25, 0.3) is 0 Å². The van der Waals surface area contributed by atoms with Gasteiger partial charge in [-0.15, -0.1) is 11.3 Å². The summed E-state index contributed by atoms with van der Waals surface area (Å²) in [6.45, 7) is 5.64. The highest BCUT2D eigenvalue weighted by Gasteiger charge is 2.43. The van der Waals surface area contributed by atoms with Crippen LogP contribution in [0.5, 0.6) is 5.75 Å². The number of thiazole rings is 1. The Kier molecular flexibility index (Phi) is 5.34. The van der Waals surface area contributed by atoms with Crippen LogP contribution in [0.2, 0.25) is 0 Å². The van der Waals surface area contributed by atoms with Crippen LogP contribution in [-0.4, -0.2) is 23.1 Å². The number of nitrogens with one attached hydrogen (secondary N) is 2. The van der Waals surface area contributed by atoms with E-state index >= 15 is 0 Å². The molecular weight excluding hydrogens is 356 g/mol. The molecule has 2 N–H and O–H groups in total. The molecule has 0 saturated heterocycles. The molecule has 4 rings (SSSR count). The van der Waals surface area contributed by atoms with Crippen LogP contribution < -0.4 is 15.4 Å². The van der Waals surface area contributed by atoms with E-state index in [0.717, 1.165) is 43.2 Å². The van der Waals surface area contributed by atoms with Crippen molar-refractivity contribution in [2.45, 2.75) is 64.1 Å². The Labute approximate surface area is 165 Å². The van der Waals surface area contributed by atoms with Gasteiger partial charge in [-0.25, -0.2) is 9.98 Å². The second-order valence-corrected chi connectivity index (χ2v) is 8.43. The predicted molar refractivity (Wildman–Crippen MR) is 110 cm³/mol. The van der Waals surface area contributed by atoms with Crippen LogP contribution in [0.1, 0.15) is 61.2 Å². The lowest BCUT2D eigenvalue weighted by Crippen LogP contribution is -2.46. The summed E-state index contributed by atoms with van der Waals surface area (Å²) in [6, 6.07) is 8.65. The predicted octanol–water partition coefficient (Wildman–Crippen LogP) is 4.34. The number of rotatable bonds is 4. The Morgan fingerprint density at radius 2 is 2.15 bits per heavy atom. The summed E-state index contributed by atoms with van der Waals surface area (Å²) in [5, 5.41) is 7.09. The Bertz CT molecular complexity index is 810. The van der Waals surface area contributed by atoms with Crippen molar-refractivity contribution < 1.29 is 4.74 Å². The van der Waals surface area contributed by atoms with Crippen molar-refractivity contribution in [2.24, 2.45) is 4.99 Å². The Morgan fingerprint density at radius 1 is 1.33 bits per heavy atom. The van der Waals surface area contributed by atoms with Gasteiger partial charge in [0, 0.05) is 23.4 Å². The largest absolute Gasteiger partial charge is 0.487 e. The topological polar surface area (TPSA) is 58.5 Å². The minimum absolute atomic E-state index is 0.0163. The summed E-state index contributed by atoms with van der Waals surface area (Å²) in [5.41, 5.74) is 4.17. The molecule has 5 nitrogen and oxygen atoms in total. The molecule has 27 heavy (non-hydrogen) atoms. The number of aryl methyl sites for hydroxylation is 1. The summed E-state index contributed by atoms with van der Waals surface area (Å²) < 4.78 is 6.48. The molecule has 0 radical (unpaired) electrons. The number of hydrogen-bond acceptors (Lipinski definition) is 4. The average molecular weight is 385 g/mol. The fraction of sp³-hybridized carbons (Fsp3) is 0.524. The highest BCUT2D eigenvalue weighted by Crippen LogP contribution is 2.46. The molecule has 1 aromatic heterocycles. The van der Waals surface area contributed by atoms with Crippen molar-refractivity contribution >= 4 is 17.3 Å². The lowest BCUT2D eigenvalue weighted by molar-refractivity contribution is 0.0396. The zero-order valence-electron chi connectivity index (χ0n) is 16.1. The van der Waals surface area contributed by atoms with Gasteiger partial charge in [0.2, 0.25) is 0 Å². The molecule has 1 fully saturated rings. The van der Waals surface area contributed by atoms with Crippen LogP contribution in [0.3, 0.4) is 0 Å². The summed E-state index contributed by atoms with van der Waals surface area (Å²) in [4.78, 5) is 10.4. The van der Waals surface area contributed by atoms with Crippen LogP contribution >= 0.6 is 11.3 Å². The number of para-hydroxylation sites is 1. The van der Waals surface area contributed by atoms with E-state index in [0.29, 0.717) is 6.54 Å². The number of guanidine groups is 1. The van der Waals surface area contributed by atoms with Crippen LogP contribution in [0.25, 0.3) is 0 Å². The summed E-state index contributed by atoms with van der Waals surface area (Å²) in [7, 11) is 0. The molecular formula is C21H28N4OS. The second-order valence-electron chi connectivity index (χ2n) is 7.49. The maximum atomic E-state index is 6.48. The molecule has 1 spiro atoms. The molecule has 1 unspecified atom stereocenters. The van der Waals surface area contributed by atoms with E-state index < -0.39 is 0 Å². The molecule has 2 aromatic rings. The van der Waals surface area contributed by atoms with E-state index in [1.54, 1.807) is 11.3 Å². The molecule has 2 aliphatic rings. The van der Waals surface area contributed by atoms with E-state index in [2.05, 4.69) is 46.8 Å². The first kappa shape index (κ1) is 18.3. The van der Waals surface area contributed by atoms with Gasteiger partial charge >= 0.3 is 0 Å². The normalized spacial score (nSPS) is 21.0. The molecule has 144 valence electrons. The van der Waals surface area contributed by atoms with E-state index in [-0.39, 0.29) is 11.6 Å². The second kappa shape index (κ2) is 7.89. The minimum atomic E-state index is -0.0163. The molecule has 6 heteroatoms. The minimum Gasteiger partial charge on any atom is -0.487 e. The third-order valence-corrected chi connectivity index (χ3v) is 6.51. The van der Waals surface area contributed by atoms with Crippen LogP contribution in [0.4, 0.5) is 0 Å². The van der Waals surface area contributed by atoms with Gasteiger partial charge in [0.15, 0.2) is 5.96 Å². The van der Waals surface area contributed by atoms with Crippen molar-refractivity contribution in [3.63, 3.8) is 0 Å². The summed E-state index contributed by atoms with van der Waals surface area (Å²) in [6.07, 6.45) is 5.80. The molecule has 0 bridgehead atoms. The van der Waals surface area contributed by atoms with E-state index in [9.17, 15) is 0 Å². The Balaban J connectivity index is 1.57. The average Bonchev–Trinajstić information content (AvgIpc) is 3.29. The van der Waals surface area contributed by atoms with Gasteiger partial charge in [0.1, 0.15) is 11.4 Å². The number of aliphatic imine (C=N–C) groups is 1. The molecule has 1 aliphatic carbocycles. The van der Waals surface area contributed by atoms with Gasteiger partial charge in [-0.1, -0.05) is 18.2 Å². The number of aromatic nitrogens is 1. The maximum absolute atomic E-state index is 6.48. The number of hydrogen-bond donors (Lipinski definition) is 2. The Morgan fingerprint density at radius 3 is 2.89 bits per heavy atom. The third kappa shape index (κ3) is 3.95. The number of benzene rings is 1. The van der Waals surface area contributed by atoms with Gasteiger partial charge in [-0.3, -0.25) is 0 Å². The number of fused-ring (bicyclic) bond motifs is 1. The number of nitrogens with zero attached hydrogens (tertiary/aromatic N) is 2. The third-order valence-electron chi connectivity index (χ3n) is 5.59. The first-order valence-electron chi connectivity index (χ1n) is 9.91. The first-order chi connectivity index (χ1) is 13.2. The molecule has 2 heterocycles. The maximum Gasteiger partial charge on any atom is 0.192 e. The quantitative estimate of drug-likeness (QED) is 0.608. The van der Waals surface area contributed by atoms with Crippen LogP contribution in [-0.2, 0) is 6.54 Å². The zero-order chi connectivity index (χ0) is 18.7. The smallest absolute Gasteiger partial charge is 0.192 e. The van der Waals surface area contributed by atoms with E-state index in [1.165, 1.54) is 23.3 Å². The van der Waals surface area contributed by atoms with E-state index in [4.69, 9.17) is 9.73 Å². The summed E-state index contributed by atoms with van der Waals surface area (Å²) >= 11 is 1.67. The van der Waals surface area contributed by atoms with Gasteiger partial charge in [-0.05, 0) is 45.6 Å². The fourth-order valence-corrected chi connectivity index (χ4v) is 4.89. The van der Waals surface area contributed by atoms with Crippen molar-refractivity contribution in [3.05, 3.63) is 45.9 Å². The van der Waals surface area contributed by atoms with E-state index in [1.807, 2.05) is 12.4 Å². The molecule has 1 aromatic carbocycles. The standard InChI is InChI=1S/C21H28N4OS/c1-3-22-20(23-13-19-15(2)24-14-27-19)25-17-12-21(10-6-7-11-21)26-18-9-5-4-8-16(17)18/h4-5,8-9,14,17H,3,6-7,10-13H2,1-2H3,(H2,22,23,25). The van der Waals surface area contributed by atoms with Crippen molar-refractivity contribution in [2.75, 3.05) is 6.54 Å². The Hall–Kier alpha value is -2.08. The highest BCUT2D eigenvalue weighted by atomic mass is 32.1. The van der Waals surface area contributed by atoms with Crippen LogP contribution in [0.15, 0.2) is 34.8 Å². The van der Waals surface area contributed by atoms with Gasteiger partial charge in [-0.2, -0.15) is 0 Å². The molecule has 0 amide bonds. The highest BCUT2D eigenvalue weighted by molar-refractivity contribution is 7.09. The summed E-state index contributed by atoms with van der Waals surface area (Å²) in [5.74, 6) is 1.89. The lowest BCUT2D eigenvalue weighted by atomic mass is 9.86. The van der Waals surface area contributed by atoms with Crippen molar-refractivity contribution in [1.29, 1.82) is 0 Å². The fourth-order valence-electron chi connectivity index (χ4n) is 4.19. The van der Waals surface area contributed by atoms with Gasteiger partial charge < -0.3 is 15.4 Å². The van der Waals surface area contributed by atoms with Crippen molar-refractivity contribution in [1.82, 2.24) is 15.6 Å². The van der Waals surface area contributed by atoms with Crippen molar-refractivity contribution in [3.8, 4) is 5.75 Å². The first-order valence-corrected chi connectivity index (χ1v) is 10.8. The number of ether oxygens (including phenoxy) is 1. The zero-order valence-corrected chi connectivity index (χ0v) is 16.9. The molecule has 1 atom stereocenters. The SMILES string of the molecule is CCNC(=NCc1scnc1C)NC1CC2(CCCC2)Oc2ccccc21. The molecule has 1 saturated carbocycles. The lowest BCUT2D eigenvalue weighted by Gasteiger charge is -2.40. The van der Waals surface area contributed by atoms with Gasteiger partial charge in [0.05, 0.1) is 23.8 Å². The molecule has 1 aliphatic heterocycles. The monoisotopic (exact) mass is 384 g/mol.